The van der Waals surface area contributed by atoms with E-state index >= 15 is 0 Å². The molecule has 2 aromatic carbocycles. The smallest absolute Gasteiger partial charge is 0.250 e. The van der Waals surface area contributed by atoms with Crippen LogP contribution in [-0.4, -0.2) is 73.8 Å². The summed E-state index contributed by atoms with van der Waals surface area (Å²) in [4.78, 5) is 31.5. The van der Waals surface area contributed by atoms with Crippen LogP contribution >= 0.6 is 0 Å². The maximum absolute atomic E-state index is 12.4. The Hall–Kier alpha value is -4.69. The molecule has 1 fully saturated rings. The number of anilines is 2. The lowest BCUT2D eigenvalue weighted by molar-refractivity contribution is -0.113. The van der Waals surface area contributed by atoms with Crippen LogP contribution in [0.4, 0.5) is 11.4 Å². The molecule has 0 radical (unpaired) electrons. The Morgan fingerprint density at radius 1 is 1.10 bits per heavy atom. The third-order valence-corrected chi connectivity index (χ3v) is 7.91. The summed E-state index contributed by atoms with van der Waals surface area (Å²) in [5, 5.41) is 0.957. The zero-order chi connectivity index (χ0) is 29.1. The number of likely N-dealkylation sites (N-methyl/N-ethyl adjacent to an activating group) is 2. The Morgan fingerprint density at radius 3 is 2.49 bits per heavy atom. The standard InChI is InChI=1S/C33H37N7O/c1-6-30(41)39(5)27-9-7-8-24(18-27)31-28-19-25(29(20-34)22(2)35-3)21-36-33(28)37-32(31)23-10-12-26(13-11-23)40-16-14-38(4)15-17-40/h6-13,18-21H,1,14-17,34H2,2-5H3,(H,36,37)/b29-20+,35-22?. The molecule has 0 saturated carbocycles. The number of aromatic nitrogens is 2. The van der Waals surface area contributed by atoms with Gasteiger partial charge in [0, 0.05) is 91.8 Å². The molecule has 1 aliphatic heterocycles. The number of fused-ring (bicyclic) bond motifs is 1. The predicted octanol–water partition coefficient (Wildman–Crippen LogP) is 5.19. The Kier molecular flexibility index (Phi) is 8.03. The SMILES string of the molecule is C=CC(=O)N(C)c1cccc(-c2c(-c3ccc(N4CCN(C)CC4)cc3)[nH]c3ncc(/C(=C/N)C(C)=NC)cc23)c1. The van der Waals surface area contributed by atoms with Crippen LogP contribution < -0.4 is 15.5 Å². The van der Waals surface area contributed by atoms with Crippen molar-refractivity contribution in [2.24, 2.45) is 10.7 Å². The van der Waals surface area contributed by atoms with Gasteiger partial charge in [0.25, 0.3) is 0 Å². The summed E-state index contributed by atoms with van der Waals surface area (Å²) in [5.74, 6) is -0.170. The Morgan fingerprint density at radius 2 is 1.83 bits per heavy atom. The number of benzene rings is 2. The van der Waals surface area contributed by atoms with Crippen molar-refractivity contribution in [1.82, 2.24) is 14.9 Å². The first kappa shape index (κ1) is 27.9. The van der Waals surface area contributed by atoms with Crippen molar-refractivity contribution in [3.63, 3.8) is 0 Å². The van der Waals surface area contributed by atoms with Gasteiger partial charge in [-0.25, -0.2) is 4.98 Å². The number of allylic oxidation sites excluding steroid dienone is 1. The van der Waals surface area contributed by atoms with Gasteiger partial charge in [0.15, 0.2) is 0 Å². The summed E-state index contributed by atoms with van der Waals surface area (Å²) in [6, 6.07) is 18.8. The molecule has 3 heterocycles. The number of aliphatic imine (C=N–C) groups is 1. The van der Waals surface area contributed by atoms with E-state index in [1.807, 2.05) is 31.3 Å². The zero-order valence-corrected chi connectivity index (χ0v) is 24.2. The molecular weight excluding hydrogens is 510 g/mol. The van der Waals surface area contributed by atoms with E-state index in [4.69, 9.17) is 10.7 Å². The number of amides is 1. The van der Waals surface area contributed by atoms with E-state index in [9.17, 15) is 4.79 Å². The molecule has 4 aromatic rings. The molecule has 2 aromatic heterocycles. The van der Waals surface area contributed by atoms with Gasteiger partial charge in [0.2, 0.25) is 5.91 Å². The van der Waals surface area contributed by atoms with Crippen LogP contribution in [-0.2, 0) is 4.79 Å². The van der Waals surface area contributed by atoms with Gasteiger partial charge in [-0.1, -0.05) is 30.8 Å². The van der Waals surface area contributed by atoms with Crippen molar-refractivity contribution in [3.8, 4) is 22.4 Å². The average molecular weight is 548 g/mol. The molecule has 1 amide bonds. The molecule has 210 valence electrons. The van der Waals surface area contributed by atoms with Crippen LogP contribution in [0.15, 0.2) is 84.6 Å². The Balaban J connectivity index is 1.66. The van der Waals surface area contributed by atoms with Gasteiger partial charge in [0.05, 0.1) is 5.69 Å². The van der Waals surface area contributed by atoms with Crippen molar-refractivity contribution in [1.29, 1.82) is 0 Å². The van der Waals surface area contributed by atoms with Gasteiger partial charge in [-0.2, -0.15) is 0 Å². The van der Waals surface area contributed by atoms with Crippen molar-refractivity contribution in [2.45, 2.75) is 6.92 Å². The van der Waals surface area contributed by atoms with E-state index in [-0.39, 0.29) is 5.91 Å². The molecule has 0 aliphatic carbocycles. The van der Waals surface area contributed by atoms with Crippen LogP contribution in [0, 0.1) is 0 Å². The van der Waals surface area contributed by atoms with E-state index in [0.29, 0.717) is 0 Å². The number of pyridine rings is 1. The Bertz CT molecular complexity index is 1640. The highest BCUT2D eigenvalue weighted by atomic mass is 16.2. The third-order valence-electron chi connectivity index (χ3n) is 7.91. The van der Waals surface area contributed by atoms with E-state index in [1.165, 1.54) is 11.8 Å². The molecule has 3 N–H and O–H groups in total. The quantitative estimate of drug-likeness (QED) is 0.245. The van der Waals surface area contributed by atoms with E-state index in [1.54, 1.807) is 25.2 Å². The highest BCUT2D eigenvalue weighted by Crippen LogP contribution is 2.40. The zero-order valence-electron chi connectivity index (χ0n) is 24.2. The number of piperazine rings is 1. The summed E-state index contributed by atoms with van der Waals surface area (Å²) in [6.45, 7) is 9.72. The first-order chi connectivity index (χ1) is 19.8. The number of H-pyrrole nitrogens is 1. The molecule has 0 spiro atoms. The van der Waals surface area contributed by atoms with E-state index in [0.717, 1.165) is 82.1 Å². The summed E-state index contributed by atoms with van der Waals surface area (Å²) >= 11 is 0. The third kappa shape index (κ3) is 5.51. The lowest BCUT2D eigenvalue weighted by Gasteiger charge is -2.34. The normalized spacial score (nSPS) is 14.9. The van der Waals surface area contributed by atoms with Gasteiger partial charge in [-0.05, 0) is 61.5 Å². The molecule has 0 unspecified atom stereocenters. The second-order valence-electron chi connectivity index (χ2n) is 10.4. The second-order valence-corrected chi connectivity index (χ2v) is 10.4. The van der Waals surface area contributed by atoms with Gasteiger partial charge in [0.1, 0.15) is 5.65 Å². The summed E-state index contributed by atoms with van der Waals surface area (Å²) in [6.07, 6.45) is 4.72. The fourth-order valence-electron chi connectivity index (χ4n) is 5.32. The van der Waals surface area contributed by atoms with Gasteiger partial charge >= 0.3 is 0 Å². The fraction of sp³-hybridized carbons (Fsp3) is 0.242. The van der Waals surface area contributed by atoms with Crippen molar-refractivity contribution in [3.05, 3.63) is 85.2 Å². The maximum Gasteiger partial charge on any atom is 0.250 e. The number of rotatable bonds is 7. The van der Waals surface area contributed by atoms with Gasteiger partial charge in [-0.15, -0.1) is 0 Å². The molecule has 0 atom stereocenters. The number of hydrogen-bond acceptors (Lipinski definition) is 6. The van der Waals surface area contributed by atoms with Crippen LogP contribution in [0.2, 0.25) is 0 Å². The highest BCUT2D eigenvalue weighted by molar-refractivity contribution is 6.23. The number of carbonyl (C=O) groups is 1. The minimum atomic E-state index is -0.170. The van der Waals surface area contributed by atoms with E-state index in [2.05, 4.69) is 69.8 Å². The molecule has 1 aliphatic rings. The van der Waals surface area contributed by atoms with Gasteiger partial charge < -0.3 is 25.4 Å². The molecule has 8 heteroatoms. The topological polar surface area (TPSA) is 93.9 Å². The van der Waals surface area contributed by atoms with Crippen LogP contribution in [0.25, 0.3) is 39.0 Å². The molecule has 5 rings (SSSR count). The number of nitrogens with one attached hydrogen (secondary N) is 1. The van der Waals surface area contributed by atoms with Crippen LogP contribution in [0.3, 0.4) is 0 Å². The van der Waals surface area contributed by atoms with Gasteiger partial charge in [-0.3, -0.25) is 9.79 Å². The number of carbonyl (C=O) groups excluding carboxylic acids is 1. The highest BCUT2D eigenvalue weighted by Gasteiger charge is 2.20. The summed E-state index contributed by atoms with van der Waals surface area (Å²) in [7, 11) is 5.67. The lowest BCUT2D eigenvalue weighted by atomic mass is 9.96. The second kappa shape index (κ2) is 11.8. The first-order valence-electron chi connectivity index (χ1n) is 13.8. The van der Waals surface area contributed by atoms with E-state index < -0.39 is 0 Å². The summed E-state index contributed by atoms with van der Waals surface area (Å²) < 4.78 is 0. The molecule has 1 saturated heterocycles. The van der Waals surface area contributed by atoms with Crippen molar-refractivity contribution >= 4 is 39.6 Å². The van der Waals surface area contributed by atoms with Crippen molar-refractivity contribution in [2.75, 3.05) is 57.1 Å². The van der Waals surface area contributed by atoms with Crippen LogP contribution in [0.5, 0.6) is 0 Å². The monoisotopic (exact) mass is 547 g/mol. The predicted molar refractivity (Wildman–Crippen MR) is 171 cm³/mol. The minimum absolute atomic E-state index is 0.170. The fourth-order valence-corrected chi connectivity index (χ4v) is 5.32. The summed E-state index contributed by atoms with van der Waals surface area (Å²) in [5.41, 5.74) is 15.3. The number of nitrogens with two attached hydrogens (primary N) is 1. The molecular formula is C33H37N7O. The molecule has 41 heavy (non-hydrogen) atoms. The first-order valence-corrected chi connectivity index (χ1v) is 13.8. The molecule has 0 bridgehead atoms. The van der Waals surface area contributed by atoms with Crippen molar-refractivity contribution < 1.29 is 4.79 Å². The molecule has 8 nitrogen and oxygen atoms in total. The number of hydrogen-bond donors (Lipinski definition) is 2. The maximum atomic E-state index is 12.4. The minimum Gasteiger partial charge on any atom is -0.404 e. The number of aromatic amines is 1. The lowest BCUT2D eigenvalue weighted by Crippen LogP contribution is -2.44. The number of nitrogens with zero attached hydrogens (tertiary/aromatic N) is 5. The average Bonchev–Trinajstić information content (AvgIpc) is 3.40. The Labute approximate surface area is 241 Å². The largest absolute Gasteiger partial charge is 0.404 e. The van der Waals surface area contributed by atoms with Crippen LogP contribution in [0.1, 0.15) is 12.5 Å².